The van der Waals surface area contributed by atoms with E-state index in [2.05, 4.69) is 11.6 Å². The summed E-state index contributed by atoms with van der Waals surface area (Å²) in [6.45, 7) is 9.16. The number of carbonyl (C=O) groups excluding carboxylic acids is 3. The number of nitrogens with zero attached hydrogens (tertiary/aromatic N) is 2. The molecule has 11 heteroatoms. The molecule has 1 aliphatic rings. The third kappa shape index (κ3) is 5.53. The first-order chi connectivity index (χ1) is 19.7. The highest BCUT2D eigenvalue weighted by molar-refractivity contribution is 7.17. The summed E-state index contributed by atoms with van der Waals surface area (Å²) < 4.78 is 21.5. The van der Waals surface area contributed by atoms with Gasteiger partial charge in [0.1, 0.15) is 23.0 Å². The van der Waals surface area contributed by atoms with E-state index >= 15 is 0 Å². The van der Waals surface area contributed by atoms with Gasteiger partial charge in [-0.15, -0.1) is 0 Å². The molecule has 1 amide bonds. The number of methoxy groups -OCH3 is 2. The van der Waals surface area contributed by atoms with Gasteiger partial charge >= 0.3 is 11.9 Å². The van der Waals surface area contributed by atoms with Crippen LogP contribution in [0.15, 0.2) is 54.6 Å². The Hall–Kier alpha value is -4.64. The van der Waals surface area contributed by atoms with Crippen molar-refractivity contribution in [3.05, 3.63) is 81.9 Å². The smallest absolute Gasteiger partial charge is 0.350 e. The molecule has 2 aromatic carbocycles. The molecule has 1 aliphatic heterocycles. The Morgan fingerprint density at radius 1 is 1.12 bits per heavy atom. The molecule has 1 fully saturated rings. The zero-order valence-electron chi connectivity index (χ0n) is 23.3. The number of benzene rings is 2. The summed E-state index contributed by atoms with van der Waals surface area (Å²) in [7, 11) is 2.96. The quantitative estimate of drug-likeness (QED) is 0.114. The Kier molecular flexibility index (Phi) is 8.77. The number of aliphatic hydroxyl groups excluding tert-OH is 1. The Morgan fingerprint density at radius 2 is 1.85 bits per heavy atom. The van der Waals surface area contributed by atoms with E-state index in [1.807, 2.05) is 0 Å². The number of rotatable bonds is 10. The van der Waals surface area contributed by atoms with E-state index < -0.39 is 23.7 Å². The fourth-order valence-corrected chi connectivity index (χ4v) is 5.52. The molecule has 4 rings (SSSR count). The monoisotopic (exact) mass is 578 g/mol. The number of hydrogen-bond donors (Lipinski definition) is 1. The number of ether oxygens (including phenoxy) is 4. The van der Waals surface area contributed by atoms with Gasteiger partial charge in [0, 0.05) is 5.56 Å². The zero-order valence-corrected chi connectivity index (χ0v) is 24.2. The Labute approximate surface area is 241 Å². The number of amides is 1. The molecule has 0 unspecified atom stereocenters. The molecule has 41 heavy (non-hydrogen) atoms. The normalized spacial score (nSPS) is 16.0. The van der Waals surface area contributed by atoms with E-state index in [0.717, 1.165) is 11.3 Å². The number of esters is 1. The fourth-order valence-electron chi connectivity index (χ4n) is 4.53. The van der Waals surface area contributed by atoms with Gasteiger partial charge in [-0.05, 0) is 62.2 Å². The predicted octanol–water partition coefficient (Wildman–Crippen LogP) is 5.14. The van der Waals surface area contributed by atoms with Crippen LogP contribution >= 0.6 is 11.3 Å². The number of thiazole rings is 1. The third-order valence-corrected chi connectivity index (χ3v) is 7.58. The van der Waals surface area contributed by atoms with Crippen molar-refractivity contribution in [3.63, 3.8) is 0 Å². The molecule has 2 heterocycles. The number of ketones is 1. The van der Waals surface area contributed by atoms with Gasteiger partial charge in [-0.3, -0.25) is 14.5 Å². The highest BCUT2D eigenvalue weighted by atomic mass is 32.1. The summed E-state index contributed by atoms with van der Waals surface area (Å²) in [5, 5.41) is 11.7. The highest BCUT2D eigenvalue weighted by Gasteiger charge is 2.48. The Morgan fingerprint density at radius 3 is 2.49 bits per heavy atom. The molecule has 10 nitrogen and oxygen atoms in total. The first-order valence-corrected chi connectivity index (χ1v) is 13.5. The number of aryl methyl sites for hydroxylation is 2. The van der Waals surface area contributed by atoms with E-state index in [4.69, 9.17) is 18.9 Å². The van der Waals surface area contributed by atoms with Crippen molar-refractivity contribution in [3.8, 4) is 17.2 Å². The summed E-state index contributed by atoms with van der Waals surface area (Å²) in [6, 6.07) is 8.84. The van der Waals surface area contributed by atoms with Gasteiger partial charge in [0.25, 0.3) is 5.78 Å². The maximum absolute atomic E-state index is 13.6. The van der Waals surface area contributed by atoms with Gasteiger partial charge in [0.05, 0.1) is 38.1 Å². The molecule has 1 atom stereocenters. The van der Waals surface area contributed by atoms with Crippen molar-refractivity contribution in [2.75, 3.05) is 32.3 Å². The standard InChI is InChI=1S/C30H30N2O8S/c1-7-13-40-19-10-11-20(16(3)14-19)25(33)23-24(18-9-12-21(37-5)22(15-18)38-6)32(28(35)26(23)34)30-31-17(4)27(41-30)29(36)39-8-2/h7,9-12,14-15,24,33H,1,8,13H2,2-6H3/t24-/m0/s1. The van der Waals surface area contributed by atoms with Crippen LogP contribution in [0.4, 0.5) is 5.13 Å². The number of hydrogen-bond acceptors (Lipinski definition) is 10. The summed E-state index contributed by atoms with van der Waals surface area (Å²) >= 11 is 0.931. The molecule has 1 N–H and O–H groups in total. The van der Waals surface area contributed by atoms with Crippen LogP contribution in [0.2, 0.25) is 0 Å². The van der Waals surface area contributed by atoms with Crippen LogP contribution < -0.4 is 19.1 Å². The molecule has 1 aromatic heterocycles. The lowest BCUT2D eigenvalue weighted by molar-refractivity contribution is -0.132. The van der Waals surface area contributed by atoms with E-state index in [0.29, 0.717) is 46.2 Å². The van der Waals surface area contributed by atoms with Crippen LogP contribution in [0.5, 0.6) is 17.2 Å². The van der Waals surface area contributed by atoms with Crippen LogP contribution in [0.25, 0.3) is 5.76 Å². The second-order valence-electron chi connectivity index (χ2n) is 8.99. The SMILES string of the molecule is C=CCOc1ccc(C(O)=C2C(=O)C(=O)N(c3nc(C)c(C(=O)OCC)s3)[C@H]2c2ccc(OC)c(OC)c2)c(C)c1. The molecular weight excluding hydrogens is 548 g/mol. The van der Waals surface area contributed by atoms with Crippen LogP contribution in [0, 0.1) is 13.8 Å². The van der Waals surface area contributed by atoms with Gasteiger partial charge in [-0.1, -0.05) is 30.1 Å². The van der Waals surface area contributed by atoms with Gasteiger partial charge in [-0.2, -0.15) is 0 Å². The Bertz CT molecular complexity index is 1560. The molecule has 0 saturated carbocycles. The van der Waals surface area contributed by atoms with Crippen LogP contribution in [0.1, 0.15) is 45.0 Å². The summed E-state index contributed by atoms with van der Waals surface area (Å²) in [5.74, 6) is -1.40. The van der Waals surface area contributed by atoms with Crippen molar-refractivity contribution < 1.29 is 38.4 Å². The lowest BCUT2D eigenvalue weighted by atomic mass is 9.93. The number of aliphatic hydroxyl groups is 1. The van der Waals surface area contributed by atoms with E-state index in [1.54, 1.807) is 63.2 Å². The second kappa shape index (κ2) is 12.3. The minimum atomic E-state index is -1.09. The van der Waals surface area contributed by atoms with Gasteiger partial charge in [0.15, 0.2) is 16.6 Å². The minimum absolute atomic E-state index is 0.108. The van der Waals surface area contributed by atoms with Crippen molar-refractivity contribution in [2.45, 2.75) is 26.8 Å². The molecule has 214 valence electrons. The maximum atomic E-state index is 13.6. The molecular formula is C30H30N2O8S. The molecule has 3 aromatic rings. The lowest BCUT2D eigenvalue weighted by Gasteiger charge is -2.24. The largest absolute Gasteiger partial charge is 0.507 e. The molecule has 0 spiro atoms. The summed E-state index contributed by atoms with van der Waals surface area (Å²) in [4.78, 5) is 45.5. The van der Waals surface area contributed by atoms with Gasteiger partial charge in [-0.25, -0.2) is 9.78 Å². The van der Waals surface area contributed by atoms with Gasteiger partial charge in [0.2, 0.25) is 0 Å². The van der Waals surface area contributed by atoms with E-state index in [-0.39, 0.29) is 27.9 Å². The average Bonchev–Trinajstić information content (AvgIpc) is 3.47. The summed E-state index contributed by atoms with van der Waals surface area (Å²) in [6.07, 6.45) is 1.61. The second-order valence-corrected chi connectivity index (χ2v) is 9.97. The molecule has 0 aliphatic carbocycles. The zero-order chi connectivity index (χ0) is 29.8. The average molecular weight is 579 g/mol. The van der Waals surface area contributed by atoms with Crippen molar-refractivity contribution in [1.29, 1.82) is 0 Å². The highest BCUT2D eigenvalue weighted by Crippen LogP contribution is 2.46. The van der Waals surface area contributed by atoms with Crippen molar-refractivity contribution in [1.82, 2.24) is 4.98 Å². The molecule has 1 saturated heterocycles. The van der Waals surface area contributed by atoms with Crippen molar-refractivity contribution in [2.24, 2.45) is 0 Å². The number of anilines is 1. The lowest BCUT2D eigenvalue weighted by Crippen LogP contribution is -2.29. The van der Waals surface area contributed by atoms with Crippen molar-refractivity contribution >= 4 is 39.9 Å². The van der Waals surface area contributed by atoms with Crippen LogP contribution in [-0.4, -0.2) is 55.2 Å². The number of Topliss-reactive ketones (excluding diaryl/α,β-unsaturated/α-hetero) is 1. The van der Waals surface area contributed by atoms with E-state index in [9.17, 15) is 19.5 Å². The third-order valence-electron chi connectivity index (χ3n) is 6.44. The summed E-state index contributed by atoms with van der Waals surface area (Å²) in [5.41, 5.74) is 1.63. The Balaban J connectivity index is 1.93. The van der Waals surface area contributed by atoms with E-state index in [1.165, 1.54) is 19.1 Å². The molecule has 0 bridgehead atoms. The van der Waals surface area contributed by atoms with Gasteiger partial charge < -0.3 is 24.1 Å². The number of carbonyl (C=O) groups is 3. The van der Waals surface area contributed by atoms with Crippen LogP contribution in [-0.2, 0) is 14.3 Å². The fraction of sp³-hybridized carbons (Fsp3) is 0.267. The first kappa shape index (κ1) is 29.3. The van der Waals surface area contributed by atoms with Crippen LogP contribution in [0.3, 0.4) is 0 Å². The molecule has 0 radical (unpaired) electrons. The first-order valence-electron chi connectivity index (χ1n) is 12.7. The topological polar surface area (TPSA) is 124 Å². The predicted molar refractivity (Wildman–Crippen MR) is 154 cm³/mol. The minimum Gasteiger partial charge on any atom is -0.507 e. The number of aromatic nitrogens is 1. The maximum Gasteiger partial charge on any atom is 0.350 e.